The van der Waals surface area contributed by atoms with E-state index in [1.54, 1.807) is 13.2 Å². The van der Waals surface area contributed by atoms with Crippen LogP contribution in [-0.2, 0) is 0 Å². The Kier molecular flexibility index (Phi) is 8.54. The molecule has 1 amide bonds. The van der Waals surface area contributed by atoms with Crippen molar-refractivity contribution in [3.05, 3.63) is 41.5 Å². The Morgan fingerprint density at radius 3 is 2.78 bits per heavy atom. The molecular weight excluding hydrogens is 455 g/mol. The molecule has 4 N–H and O–H groups in total. The Labute approximate surface area is 185 Å². The van der Waals surface area contributed by atoms with Gasteiger partial charge in [-0.25, -0.2) is 0 Å². The van der Waals surface area contributed by atoms with E-state index < -0.39 is 18.0 Å². The van der Waals surface area contributed by atoms with E-state index in [-0.39, 0.29) is 28.4 Å². The molecule has 32 heavy (non-hydrogen) atoms. The van der Waals surface area contributed by atoms with Crippen molar-refractivity contribution >= 4 is 17.5 Å². The highest BCUT2D eigenvalue weighted by molar-refractivity contribution is 6.33. The second kappa shape index (κ2) is 11.1. The standard InChI is InChI=1S/C15H11ClF3N5O3.C3H8N2/c16-11-2-1-9(27-15(17,18)19)5-10(11)13-22-23-14(26-13)12(25)21-8-3-4-24(6-8)7-20;1-5-3-2-4/h1-2,5,8H,3-4,6H2,(H,21,25);2-3,5H,4H2,1H3/b;3-2-. The van der Waals surface area contributed by atoms with Crippen molar-refractivity contribution < 1.29 is 27.1 Å². The van der Waals surface area contributed by atoms with E-state index in [1.165, 1.54) is 17.2 Å². The van der Waals surface area contributed by atoms with Crippen LogP contribution >= 0.6 is 11.6 Å². The molecule has 0 saturated carbocycles. The number of hydrogen-bond donors (Lipinski definition) is 3. The van der Waals surface area contributed by atoms with Gasteiger partial charge in [-0.05, 0) is 24.6 Å². The lowest BCUT2D eigenvalue weighted by molar-refractivity contribution is -0.274. The van der Waals surface area contributed by atoms with E-state index in [9.17, 15) is 18.0 Å². The molecule has 172 valence electrons. The maximum absolute atomic E-state index is 12.3. The number of alkyl halides is 3. The van der Waals surface area contributed by atoms with Crippen molar-refractivity contribution in [3.63, 3.8) is 0 Å². The highest BCUT2D eigenvalue weighted by atomic mass is 35.5. The highest BCUT2D eigenvalue weighted by Gasteiger charge is 2.32. The van der Waals surface area contributed by atoms with Gasteiger partial charge in [-0.3, -0.25) is 4.79 Å². The summed E-state index contributed by atoms with van der Waals surface area (Å²) in [5.41, 5.74) is 4.88. The van der Waals surface area contributed by atoms with Crippen LogP contribution < -0.4 is 21.1 Å². The van der Waals surface area contributed by atoms with Crippen molar-refractivity contribution in [1.82, 2.24) is 25.7 Å². The molecule has 0 spiro atoms. The fourth-order valence-electron chi connectivity index (χ4n) is 2.60. The van der Waals surface area contributed by atoms with Gasteiger partial charge in [-0.15, -0.1) is 23.4 Å². The van der Waals surface area contributed by atoms with Gasteiger partial charge in [0.05, 0.1) is 10.6 Å². The van der Waals surface area contributed by atoms with Gasteiger partial charge in [0, 0.05) is 38.6 Å². The topological polar surface area (TPSA) is 142 Å². The van der Waals surface area contributed by atoms with E-state index in [2.05, 4.69) is 25.6 Å². The van der Waals surface area contributed by atoms with E-state index in [0.29, 0.717) is 19.5 Å². The minimum absolute atomic E-state index is 0.0125. The largest absolute Gasteiger partial charge is 0.573 e. The van der Waals surface area contributed by atoms with Crippen LogP contribution in [0.15, 0.2) is 35.0 Å². The first kappa shape index (κ1) is 24.6. The number of aromatic nitrogens is 2. The molecule has 1 fully saturated rings. The first-order valence-corrected chi connectivity index (χ1v) is 9.43. The molecule has 1 atom stereocenters. The van der Waals surface area contributed by atoms with Gasteiger partial charge in [-0.2, -0.15) is 5.26 Å². The zero-order valence-corrected chi connectivity index (χ0v) is 17.4. The SMILES string of the molecule is CN/C=C\N.N#CN1CCC(NC(=O)c2nnc(-c3cc(OC(F)(F)F)ccc3Cl)o2)C1. The molecule has 0 aliphatic carbocycles. The van der Waals surface area contributed by atoms with Gasteiger partial charge in [0.15, 0.2) is 6.19 Å². The predicted octanol–water partition coefficient (Wildman–Crippen LogP) is 2.21. The number of amides is 1. The first-order valence-electron chi connectivity index (χ1n) is 9.05. The molecule has 1 saturated heterocycles. The smallest absolute Gasteiger partial charge is 0.412 e. The molecule has 3 rings (SSSR count). The summed E-state index contributed by atoms with van der Waals surface area (Å²) in [5.74, 6) is -1.78. The molecule has 1 aromatic heterocycles. The molecule has 2 heterocycles. The monoisotopic (exact) mass is 473 g/mol. The number of nitrogens with zero attached hydrogens (tertiary/aromatic N) is 4. The van der Waals surface area contributed by atoms with Crippen LogP contribution in [0.5, 0.6) is 5.75 Å². The molecule has 1 aliphatic heterocycles. The summed E-state index contributed by atoms with van der Waals surface area (Å²) < 4.78 is 46.1. The van der Waals surface area contributed by atoms with Gasteiger partial charge in [0.25, 0.3) is 0 Å². The number of carbonyl (C=O) groups is 1. The fraction of sp³-hybridized carbons (Fsp3) is 0.333. The van der Waals surface area contributed by atoms with Crippen molar-refractivity contribution in [2.75, 3.05) is 20.1 Å². The van der Waals surface area contributed by atoms with Crippen LogP contribution in [0.4, 0.5) is 13.2 Å². The summed E-state index contributed by atoms with van der Waals surface area (Å²) in [6.45, 7) is 0.893. The van der Waals surface area contributed by atoms with Gasteiger partial charge in [-0.1, -0.05) is 11.6 Å². The maximum atomic E-state index is 12.3. The van der Waals surface area contributed by atoms with Crippen molar-refractivity contribution in [3.8, 4) is 23.4 Å². The van der Waals surface area contributed by atoms with Gasteiger partial charge in [0.1, 0.15) is 5.75 Å². The Hall–Kier alpha value is -3.66. The van der Waals surface area contributed by atoms with E-state index in [0.717, 1.165) is 12.1 Å². The Bertz CT molecular complexity index is 991. The Morgan fingerprint density at radius 1 is 1.47 bits per heavy atom. The molecule has 1 aliphatic rings. The molecular formula is C18H19ClF3N7O3. The molecule has 10 nitrogen and oxygen atoms in total. The van der Waals surface area contributed by atoms with Crippen LogP contribution in [0.25, 0.3) is 11.5 Å². The van der Waals surface area contributed by atoms with Crippen molar-refractivity contribution in [2.45, 2.75) is 18.8 Å². The highest BCUT2D eigenvalue weighted by Crippen LogP contribution is 2.33. The summed E-state index contributed by atoms with van der Waals surface area (Å²) in [4.78, 5) is 13.7. The minimum atomic E-state index is -4.87. The number of halogens is 4. The number of benzene rings is 1. The van der Waals surface area contributed by atoms with Gasteiger partial charge < -0.3 is 30.4 Å². The second-order valence-electron chi connectivity index (χ2n) is 6.25. The number of rotatable bonds is 5. The normalized spacial score (nSPS) is 15.6. The zero-order valence-electron chi connectivity index (χ0n) is 16.7. The summed E-state index contributed by atoms with van der Waals surface area (Å²) in [6.07, 6.45) is 0.796. The second-order valence-corrected chi connectivity index (χ2v) is 6.66. The van der Waals surface area contributed by atoms with Crippen molar-refractivity contribution in [1.29, 1.82) is 5.26 Å². The lowest BCUT2D eigenvalue weighted by Gasteiger charge is -2.10. The Balaban J connectivity index is 0.000000654. The minimum Gasteiger partial charge on any atom is -0.412 e. The average Bonchev–Trinajstić information content (AvgIpc) is 3.39. The van der Waals surface area contributed by atoms with Crippen molar-refractivity contribution in [2.24, 2.45) is 5.73 Å². The van der Waals surface area contributed by atoms with Crippen LogP contribution in [0, 0.1) is 11.5 Å². The van der Waals surface area contributed by atoms with Crippen LogP contribution in [0.3, 0.4) is 0 Å². The summed E-state index contributed by atoms with van der Waals surface area (Å²) in [6, 6.07) is 2.94. The lowest BCUT2D eigenvalue weighted by atomic mass is 10.2. The molecule has 0 bridgehead atoms. The number of ether oxygens (including phenoxy) is 1. The molecule has 2 aromatic rings. The van der Waals surface area contributed by atoms with E-state index in [4.69, 9.17) is 27.0 Å². The first-order chi connectivity index (χ1) is 15.2. The van der Waals surface area contributed by atoms with Crippen LogP contribution in [0.1, 0.15) is 17.1 Å². The summed E-state index contributed by atoms with van der Waals surface area (Å²) >= 11 is 5.96. The number of carbonyl (C=O) groups excluding carboxylic acids is 1. The number of nitrogens with one attached hydrogen (secondary N) is 2. The molecule has 0 radical (unpaired) electrons. The molecule has 1 unspecified atom stereocenters. The maximum Gasteiger partial charge on any atom is 0.573 e. The number of likely N-dealkylation sites (tertiary alicyclic amines) is 1. The van der Waals surface area contributed by atoms with Gasteiger partial charge in [0.2, 0.25) is 5.89 Å². The third-order valence-corrected chi connectivity index (χ3v) is 4.28. The third-order valence-electron chi connectivity index (χ3n) is 3.95. The zero-order chi connectivity index (χ0) is 23.7. The Morgan fingerprint density at radius 2 is 2.22 bits per heavy atom. The van der Waals surface area contributed by atoms with E-state index >= 15 is 0 Å². The summed E-state index contributed by atoms with van der Waals surface area (Å²) in [5, 5.41) is 21.5. The third kappa shape index (κ3) is 7.24. The van der Waals surface area contributed by atoms with Crippen LogP contribution in [-0.4, -0.2) is 53.5 Å². The molecule has 14 heteroatoms. The fourth-order valence-corrected chi connectivity index (χ4v) is 2.80. The lowest BCUT2D eigenvalue weighted by Crippen LogP contribution is -2.36. The number of hydrogen-bond acceptors (Lipinski definition) is 9. The molecule has 1 aromatic carbocycles. The number of nitrogens with two attached hydrogens (primary N) is 1. The predicted molar refractivity (Wildman–Crippen MR) is 107 cm³/mol. The van der Waals surface area contributed by atoms with E-state index in [1.807, 2.05) is 6.19 Å². The van der Waals surface area contributed by atoms with Gasteiger partial charge >= 0.3 is 18.2 Å². The quantitative estimate of drug-likeness (QED) is 0.557. The number of nitriles is 1. The summed E-state index contributed by atoms with van der Waals surface area (Å²) in [7, 11) is 1.80. The average molecular weight is 474 g/mol. The van der Waals surface area contributed by atoms with Crippen LogP contribution in [0.2, 0.25) is 5.02 Å².